The Morgan fingerprint density at radius 3 is 2.62 bits per heavy atom. The van der Waals surface area contributed by atoms with Crippen LogP contribution in [0, 0.1) is 5.82 Å². The number of halogens is 1. The highest BCUT2D eigenvalue weighted by Gasteiger charge is 2.14. The molecule has 8 nitrogen and oxygen atoms in total. The summed E-state index contributed by atoms with van der Waals surface area (Å²) < 4.78 is 14.4. The largest absolute Gasteiger partial charge is 0.478 e. The molecule has 1 aromatic heterocycles. The molecule has 0 unspecified atom stereocenters. The van der Waals surface area contributed by atoms with Crippen molar-refractivity contribution >= 4 is 29.3 Å². The number of carbonyl (C=O) groups excluding carboxylic acids is 1. The minimum atomic E-state index is -1.13. The molecular formula is C16H12FN5O3S. The zero-order chi connectivity index (χ0) is 18.5. The number of carboxylic acids is 1. The standard InChI is InChI=1S/C16H12FN5O3S/c17-10-5-7-11(8-6-10)22-16(19-20-21-22)26-9-14(23)18-13-4-2-1-3-12(13)15(24)25/h1-8H,9H2,(H,18,23)(H,24,25). The summed E-state index contributed by atoms with van der Waals surface area (Å²) in [5, 5.41) is 23.2. The molecular weight excluding hydrogens is 361 g/mol. The predicted molar refractivity (Wildman–Crippen MR) is 91.9 cm³/mol. The number of para-hydroxylation sites is 1. The molecule has 2 N–H and O–H groups in total. The van der Waals surface area contributed by atoms with Gasteiger partial charge in [0.05, 0.1) is 22.7 Å². The normalized spacial score (nSPS) is 10.5. The van der Waals surface area contributed by atoms with Gasteiger partial charge in [0.25, 0.3) is 0 Å². The van der Waals surface area contributed by atoms with E-state index in [1.807, 2.05) is 0 Å². The van der Waals surface area contributed by atoms with Crippen LogP contribution in [0.5, 0.6) is 0 Å². The quantitative estimate of drug-likeness (QED) is 0.638. The molecule has 3 aromatic rings. The fraction of sp³-hybridized carbons (Fsp3) is 0.0625. The lowest BCUT2D eigenvalue weighted by Gasteiger charge is -2.08. The van der Waals surface area contributed by atoms with Gasteiger partial charge in [0.15, 0.2) is 0 Å². The van der Waals surface area contributed by atoms with E-state index in [9.17, 15) is 14.0 Å². The lowest BCUT2D eigenvalue weighted by molar-refractivity contribution is -0.113. The number of benzene rings is 2. The summed E-state index contributed by atoms with van der Waals surface area (Å²) in [6.45, 7) is 0. The third-order valence-corrected chi connectivity index (χ3v) is 4.20. The molecule has 1 heterocycles. The van der Waals surface area contributed by atoms with Crippen molar-refractivity contribution in [3.05, 3.63) is 59.9 Å². The van der Waals surface area contributed by atoms with Gasteiger partial charge in [-0.15, -0.1) is 5.10 Å². The van der Waals surface area contributed by atoms with E-state index < -0.39 is 11.9 Å². The van der Waals surface area contributed by atoms with E-state index in [4.69, 9.17) is 5.11 Å². The Balaban J connectivity index is 1.67. The molecule has 0 saturated carbocycles. The van der Waals surface area contributed by atoms with Crippen LogP contribution >= 0.6 is 11.8 Å². The third-order valence-electron chi connectivity index (χ3n) is 3.28. The monoisotopic (exact) mass is 373 g/mol. The van der Waals surface area contributed by atoms with Gasteiger partial charge < -0.3 is 10.4 Å². The molecule has 0 saturated heterocycles. The first-order valence-electron chi connectivity index (χ1n) is 7.34. The molecule has 3 rings (SSSR count). The number of anilines is 1. The number of hydrogen-bond donors (Lipinski definition) is 2. The van der Waals surface area contributed by atoms with E-state index in [0.717, 1.165) is 11.8 Å². The molecule has 2 aromatic carbocycles. The van der Waals surface area contributed by atoms with Crippen LogP contribution in [0.2, 0.25) is 0 Å². The number of amides is 1. The Morgan fingerprint density at radius 2 is 1.88 bits per heavy atom. The lowest BCUT2D eigenvalue weighted by atomic mass is 10.2. The number of hydrogen-bond acceptors (Lipinski definition) is 6. The summed E-state index contributed by atoms with van der Waals surface area (Å²) in [4.78, 5) is 23.3. The van der Waals surface area contributed by atoms with Crippen LogP contribution in [-0.4, -0.2) is 42.9 Å². The number of thioether (sulfide) groups is 1. The van der Waals surface area contributed by atoms with Crippen molar-refractivity contribution in [3.63, 3.8) is 0 Å². The smallest absolute Gasteiger partial charge is 0.337 e. The van der Waals surface area contributed by atoms with Gasteiger partial charge in [0.2, 0.25) is 11.1 Å². The van der Waals surface area contributed by atoms with Crippen LogP contribution in [0.25, 0.3) is 5.69 Å². The molecule has 0 atom stereocenters. The predicted octanol–water partition coefficient (Wildman–Crippen LogP) is 2.23. The Morgan fingerprint density at radius 1 is 1.15 bits per heavy atom. The summed E-state index contributed by atoms with van der Waals surface area (Å²) >= 11 is 1.07. The van der Waals surface area contributed by atoms with Crippen LogP contribution in [0.4, 0.5) is 10.1 Å². The number of aromatic carboxylic acids is 1. The van der Waals surface area contributed by atoms with Crippen molar-refractivity contribution in [2.75, 3.05) is 11.1 Å². The zero-order valence-corrected chi connectivity index (χ0v) is 14.0. The molecule has 0 radical (unpaired) electrons. The second-order valence-corrected chi connectivity index (χ2v) is 5.98. The molecule has 0 spiro atoms. The molecule has 10 heteroatoms. The van der Waals surface area contributed by atoms with Crippen molar-refractivity contribution in [2.45, 2.75) is 5.16 Å². The summed E-state index contributed by atoms with van der Waals surface area (Å²) in [6.07, 6.45) is 0. The number of carboxylic acid groups (broad SMARTS) is 1. The van der Waals surface area contributed by atoms with Gasteiger partial charge in [0.1, 0.15) is 5.82 Å². The SMILES string of the molecule is O=C(CSc1nnnn1-c1ccc(F)cc1)Nc1ccccc1C(=O)O. The average Bonchev–Trinajstić information content (AvgIpc) is 3.09. The van der Waals surface area contributed by atoms with E-state index in [0.29, 0.717) is 10.8 Å². The second kappa shape index (κ2) is 7.74. The average molecular weight is 373 g/mol. The van der Waals surface area contributed by atoms with Crippen LogP contribution in [0.3, 0.4) is 0 Å². The second-order valence-electron chi connectivity index (χ2n) is 5.04. The molecule has 0 bridgehead atoms. The molecule has 26 heavy (non-hydrogen) atoms. The molecule has 0 fully saturated rings. The van der Waals surface area contributed by atoms with Crippen molar-refractivity contribution in [2.24, 2.45) is 0 Å². The first-order chi connectivity index (χ1) is 12.5. The summed E-state index contributed by atoms with van der Waals surface area (Å²) in [7, 11) is 0. The maximum atomic E-state index is 13.0. The van der Waals surface area contributed by atoms with Crippen molar-refractivity contribution < 1.29 is 19.1 Å². The highest BCUT2D eigenvalue weighted by molar-refractivity contribution is 7.99. The Labute approximate surface area is 151 Å². The maximum absolute atomic E-state index is 13.0. The van der Waals surface area contributed by atoms with Crippen LogP contribution in [0.1, 0.15) is 10.4 Å². The lowest BCUT2D eigenvalue weighted by Crippen LogP contribution is -2.17. The van der Waals surface area contributed by atoms with Gasteiger partial charge in [-0.25, -0.2) is 9.18 Å². The number of carbonyl (C=O) groups is 2. The summed E-state index contributed by atoms with van der Waals surface area (Å²) in [5.74, 6) is -1.95. The van der Waals surface area contributed by atoms with Crippen molar-refractivity contribution in [1.82, 2.24) is 20.2 Å². The Bertz CT molecular complexity index is 945. The molecule has 1 amide bonds. The van der Waals surface area contributed by atoms with Gasteiger partial charge >= 0.3 is 5.97 Å². The van der Waals surface area contributed by atoms with Crippen molar-refractivity contribution in [3.8, 4) is 5.69 Å². The van der Waals surface area contributed by atoms with Gasteiger partial charge in [-0.3, -0.25) is 4.79 Å². The molecule has 0 aliphatic carbocycles. The maximum Gasteiger partial charge on any atom is 0.337 e. The fourth-order valence-electron chi connectivity index (χ4n) is 2.11. The van der Waals surface area contributed by atoms with E-state index in [1.165, 1.54) is 41.1 Å². The van der Waals surface area contributed by atoms with Gasteiger partial charge in [-0.05, 0) is 46.8 Å². The van der Waals surface area contributed by atoms with Gasteiger partial charge in [0, 0.05) is 0 Å². The number of nitrogens with one attached hydrogen (secondary N) is 1. The van der Waals surface area contributed by atoms with Gasteiger partial charge in [-0.2, -0.15) is 4.68 Å². The number of nitrogens with zero attached hydrogens (tertiary/aromatic N) is 4. The van der Waals surface area contributed by atoms with E-state index in [-0.39, 0.29) is 22.8 Å². The van der Waals surface area contributed by atoms with Crippen molar-refractivity contribution in [1.29, 1.82) is 0 Å². The first kappa shape index (κ1) is 17.5. The first-order valence-corrected chi connectivity index (χ1v) is 8.32. The molecule has 132 valence electrons. The van der Waals surface area contributed by atoms with Gasteiger partial charge in [-0.1, -0.05) is 23.9 Å². The molecule has 0 aliphatic rings. The topological polar surface area (TPSA) is 110 Å². The number of tetrazole rings is 1. The molecule has 0 aliphatic heterocycles. The van der Waals surface area contributed by atoms with Crippen LogP contribution < -0.4 is 5.32 Å². The summed E-state index contributed by atoms with van der Waals surface area (Å²) in [5.41, 5.74) is 0.765. The van der Waals surface area contributed by atoms with E-state index >= 15 is 0 Å². The fourth-order valence-corrected chi connectivity index (χ4v) is 2.80. The summed E-state index contributed by atoms with van der Waals surface area (Å²) in [6, 6.07) is 11.7. The van der Waals surface area contributed by atoms with E-state index in [2.05, 4.69) is 20.8 Å². The Kier molecular flexibility index (Phi) is 5.23. The van der Waals surface area contributed by atoms with E-state index in [1.54, 1.807) is 12.1 Å². The zero-order valence-electron chi connectivity index (χ0n) is 13.2. The highest BCUT2D eigenvalue weighted by Crippen LogP contribution is 2.20. The number of aromatic nitrogens is 4. The third kappa shape index (κ3) is 4.03. The van der Waals surface area contributed by atoms with Crippen LogP contribution in [-0.2, 0) is 4.79 Å². The minimum absolute atomic E-state index is 0.00185. The highest BCUT2D eigenvalue weighted by atomic mass is 32.2. The Hall–Kier alpha value is -3.27. The minimum Gasteiger partial charge on any atom is -0.478 e. The van der Waals surface area contributed by atoms with Crippen LogP contribution in [0.15, 0.2) is 53.7 Å². The number of rotatable bonds is 6.